The summed E-state index contributed by atoms with van der Waals surface area (Å²) in [7, 11) is 0. The number of hydrogen-bond acceptors (Lipinski definition) is 5. The van der Waals surface area contributed by atoms with Gasteiger partial charge in [0.25, 0.3) is 0 Å². The Balaban J connectivity index is 3.35. The second kappa shape index (κ2) is 61.9. The maximum Gasteiger partial charge on any atom is 0.305 e. The monoisotopic (exact) mass is 1010 g/mol. The van der Waals surface area contributed by atoms with Crippen molar-refractivity contribution in [3.05, 3.63) is 24.3 Å². The summed E-state index contributed by atoms with van der Waals surface area (Å²) in [6.45, 7) is 4.91. The predicted molar refractivity (Wildman–Crippen MR) is 315 cm³/mol. The molecule has 0 heterocycles. The molecule has 0 bridgehead atoms. The molecule has 0 aliphatic carbocycles. The zero-order valence-corrected chi connectivity index (χ0v) is 48.7. The zero-order chi connectivity index (χ0) is 52.2. The van der Waals surface area contributed by atoms with Gasteiger partial charge in [0.2, 0.25) is 5.91 Å². The van der Waals surface area contributed by atoms with Crippen molar-refractivity contribution in [1.29, 1.82) is 0 Å². The summed E-state index contributed by atoms with van der Waals surface area (Å²) in [5.41, 5.74) is 0. The molecule has 0 aromatic carbocycles. The van der Waals surface area contributed by atoms with Gasteiger partial charge in [-0.25, -0.2) is 0 Å². The van der Waals surface area contributed by atoms with Gasteiger partial charge >= 0.3 is 5.97 Å². The van der Waals surface area contributed by atoms with Crippen LogP contribution in [0.15, 0.2) is 24.3 Å². The van der Waals surface area contributed by atoms with Gasteiger partial charge in [0, 0.05) is 12.8 Å². The molecule has 0 saturated carbocycles. The molecule has 0 radical (unpaired) electrons. The number of hydrogen-bond donors (Lipinski definition) is 3. The summed E-state index contributed by atoms with van der Waals surface area (Å²) in [6.07, 6.45) is 76.8. The van der Waals surface area contributed by atoms with E-state index in [1.165, 1.54) is 295 Å². The second-order valence-corrected chi connectivity index (χ2v) is 22.5. The smallest absolute Gasteiger partial charge is 0.305 e. The van der Waals surface area contributed by atoms with E-state index in [0.29, 0.717) is 19.4 Å². The molecule has 0 saturated heterocycles. The van der Waals surface area contributed by atoms with Crippen LogP contribution in [0.5, 0.6) is 0 Å². The van der Waals surface area contributed by atoms with Gasteiger partial charge in [-0.05, 0) is 57.8 Å². The van der Waals surface area contributed by atoms with Crippen molar-refractivity contribution in [2.75, 3.05) is 13.2 Å². The van der Waals surface area contributed by atoms with Gasteiger partial charge in [0.1, 0.15) is 0 Å². The van der Waals surface area contributed by atoms with Crippen molar-refractivity contribution in [2.24, 2.45) is 0 Å². The van der Waals surface area contributed by atoms with Crippen molar-refractivity contribution in [3.8, 4) is 0 Å². The standard InChI is InChI=1S/C66H127NO5/c1-3-5-7-9-11-13-15-16-17-18-31-34-37-40-44-48-52-56-60-66(71)72-61-57-53-49-45-41-38-35-32-29-27-25-23-21-19-20-22-24-26-28-30-33-36-39-43-47-51-55-59-65(70)67-63(62-68)64(69)58-54-50-46-42-14-12-10-8-6-4-2/h19-20,54,58,63-64,68-69H,3-18,21-53,55-57,59-62H2,1-2H3,(H,67,70)/b20-19-,58-54+. The molecule has 2 atom stereocenters. The molecule has 0 aliphatic heterocycles. The molecule has 0 aromatic rings. The number of unbranched alkanes of at least 4 members (excludes halogenated alkanes) is 48. The molecule has 0 aliphatic rings. The molecule has 72 heavy (non-hydrogen) atoms. The Kier molecular flexibility index (Phi) is 60.5. The van der Waals surface area contributed by atoms with Gasteiger partial charge in [-0.2, -0.15) is 0 Å². The first-order chi connectivity index (χ1) is 35.5. The Bertz CT molecular complexity index is 1120. The molecule has 0 spiro atoms. The van der Waals surface area contributed by atoms with Gasteiger partial charge in [-0.3, -0.25) is 9.59 Å². The van der Waals surface area contributed by atoms with Gasteiger partial charge in [0.05, 0.1) is 25.4 Å². The van der Waals surface area contributed by atoms with E-state index < -0.39 is 12.1 Å². The lowest BCUT2D eigenvalue weighted by Crippen LogP contribution is -2.45. The largest absolute Gasteiger partial charge is 0.466 e. The highest BCUT2D eigenvalue weighted by molar-refractivity contribution is 5.76. The summed E-state index contributed by atoms with van der Waals surface area (Å²) < 4.78 is 5.50. The van der Waals surface area contributed by atoms with Crippen LogP contribution in [0.4, 0.5) is 0 Å². The summed E-state index contributed by atoms with van der Waals surface area (Å²) in [4.78, 5) is 24.5. The summed E-state index contributed by atoms with van der Waals surface area (Å²) in [5, 5.41) is 23.0. The van der Waals surface area contributed by atoms with E-state index in [0.717, 1.165) is 38.5 Å². The Morgan fingerprint density at radius 3 is 0.986 bits per heavy atom. The number of carbonyl (C=O) groups excluding carboxylic acids is 2. The van der Waals surface area contributed by atoms with Crippen molar-refractivity contribution in [2.45, 2.75) is 373 Å². The Hall–Kier alpha value is -1.66. The number of carbonyl (C=O) groups is 2. The van der Waals surface area contributed by atoms with Crippen LogP contribution in [0.25, 0.3) is 0 Å². The summed E-state index contributed by atoms with van der Waals surface area (Å²) in [6, 6.07) is -0.626. The molecule has 3 N–H and O–H groups in total. The molecule has 0 rings (SSSR count). The highest BCUT2D eigenvalue weighted by Crippen LogP contribution is 2.18. The molecule has 2 unspecified atom stereocenters. The maximum absolute atomic E-state index is 12.4. The van der Waals surface area contributed by atoms with Crippen molar-refractivity contribution >= 4 is 11.9 Å². The topological polar surface area (TPSA) is 95.9 Å². The first-order valence-corrected chi connectivity index (χ1v) is 32.6. The lowest BCUT2D eigenvalue weighted by atomic mass is 10.0. The Morgan fingerprint density at radius 2 is 0.653 bits per heavy atom. The van der Waals surface area contributed by atoms with Crippen LogP contribution in [-0.4, -0.2) is 47.4 Å². The van der Waals surface area contributed by atoms with Gasteiger partial charge in [-0.1, -0.05) is 314 Å². The average Bonchev–Trinajstić information content (AvgIpc) is 3.38. The number of nitrogens with one attached hydrogen (secondary N) is 1. The third kappa shape index (κ3) is 57.6. The average molecular weight is 1010 g/mol. The van der Waals surface area contributed by atoms with Crippen LogP contribution in [0.1, 0.15) is 361 Å². The first-order valence-electron chi connectivity index (χ1n) is 32.6. The van der Waals surface area contributed by atoms with Crippen molar-refractivity contribution in [1.82, 2.24) is 5.32 Å². The van der Waals surface area contributed by atoms with Crippen LogP contribution >= 0.6 is 0 Å². The van der Waals surface area contributed by atoms with Gasteiger partial charge in [0.15, 0.2) is 0 Å². The van der Waals surface area contributed by atoms with E-state index in [1.54, 1.807) is 6.08 Å². The van der Waals surface area contributed by atoms with E-state index in [2.05, 4.69) is 31.3 Å². The number of rotatable bonds is 61. The van der Waals surface area contributed by atoms with E-state index in [9.17, 15) is 19.8 Å². The van der Waals surface area contributed by atoms with Crippen LogP contribution in [0.2, 0.25) is 0 Å². The highest BCUT2D eigenvalue weighted by atomic mass is 16.5. The quantitative estimate of drug-likeness (QED) is 0.0320. The number of ether oxygens (including phenoxy) is 1. The maximum atomic E-state index is 12.4. The highest BCUT2D eigenvalue weighted by Gasteiger charge is 2.18. The molecule has 0 aromatic heterocycles. The van der Waals surface area contributed by atoms with E-state index >= 15 is 0 Å². The van der Waals surface area contributed by atoms with Crippen LogP contribution in [0, 0.1) is 0 Å². The summed E-state index contributed by atoms with van der Waals surface area (Å²) in [5.74, 6) is -0.0502. The number of aliphatic hydroxyl groups is 2. The fourth-order valence-corrected chi connectivity index (χ4v) is 10.2. The third-order valence-electron chi connectivity index (χ3n) is 15.2. The van der Waals surface area contributed by atoms with E-state index in [4.69, 9.17) is 4.74 Å². The van der Waals surface area contributed by atoms with Gasteiger partial charge in [-0.15, -0.1) is 0 Å². The number of esters is 1. The number of allylic oxidation sites excluding steroid dienone is 3. The minimum absolute atomic E-state index is 0.0194. The van der Waals surface area contributed by atoms with E-state index in [1.807, 2.05) is 6.08 Å². The molecular weight excluding hydrogens is 887 g/mol. The fraction of sp³-hybridized carbons (Fsp3) is 0.909. The van der Waals surface area contributed by atoms with Crippen LogP contribution in [-0.2, 0) is 14.3 Å². The molecule has 1 amide bonds. The second-order valence-electron chi connectivity index (χ2n) is 22.5. The van der Waals surface area contributed by atoms with Crippen molar-refractivity contribution in [3.63, 3.8) is 0 Å². The normalized spacial score (nSPS) is 12.7. The fourth-order valence-electron chi connectivity index (χ4n) is 10.2. The minimum atomic E-state index is -0.843. The lowest BCUT2D eigenvalue weighted by molar-refractivity contribution is -0.143. The SMILES string of the molecule is CCCCCCCCCC/C=C/C(O)C(CO)NC(=O)CCCCCCCCCCCCC/C=C\CCCCCCCCCCCCCCOC(=O)CCCCCCCCCCCCCCCCCCCC. The molecule has 0 fully saturated rings. The number of aliphatic hydroxyl groups excluding tert-OH is 2. The minimum Gasteiger partial charge on any atom is -0.466 e. The van der Waals surface area contributed by atoms with Crippen LogP contribution in [0.3, 0.4) is 0 Å². The first kappa shape index (κ1) is 70.3. The molecule has 6 heteroatoms. The molecule has 6 nitrogen and oxygen atoms in total. The van der Waals surface area contributed by atoms with Crippen LogP contribution < -0.4 is 5.32 Å². The third-order valence-corrected chi connectivity index (χ3v) is 15.2. The summed E-state index contributed by atoms with van der Waals surface area (Å²) >= 11 is 0. The molecular formula is C66H127NO5. The number of amides is 1. The zero-order valence-electron chi connectivity index (χ0n) is 48.7. The molecule has 426 valence electrons. The Morgan fingerprint density at radius 1 is 0.375 bits per heavy atom. The van der Waals surface area contributed by atoms with E-state index in [-0.39, 0.29) is 18.5 Å². The Labute approximate surface area is 450 Å². The predicted octanol–water partition coefficient (Wildman–Crippen LogP) is 20.6. The lowest BCUT2D eigenvalue weighted by Gasteiger charge is -2.20. The van der Waals surface area contributed by atoms with Crippen molar-refractivity contribution < 1.29 is 24.5 Å². The van der Waals surface area contributed by atoms with Gasteiger partial charge < -0.3 is 20.3 Å².